The first-order chi connectivity index (χ1) is 13.7. The Bertz CT molecular complexity index is 1000. The number of nitrogens with zero attached hydrogens (tertiary/aromatic N) is 4. The van der Waals surface area contributed by atoms with Gasteiger partial charge in [-0.15, -0.1) is 5.10 Å². The van der Waals surface area contributed by atoms with Crippen LogP contribution in [-0.4, -0.2) is 56.9 Å². The lowest BCUT2D eigenvalue weighted by Crippen LogP contribution is -2.57. The maximum atomic E-state index is 13.4. The fourth-order valence-corrected chi connectivity index (χ4v) is 4.52. The van der Waals surface area contributed by atoms with Crippen LogP contribution in [0, 0.1) is 5.41 Å². The monoisotopic (exact) mass is 459 g/mol. The second kappa shape index (κ2) is 7.07. The molecular formula is C20H22BrN5O3. The number of ether oxygens (including phenoxy) is 1. The van der Waals surface area contributed by atoms with Gasteiger partial charge < -0.3 is 15.4 Å². The second-order valence-corrected chi connectivity index (χ2v) is 9.05. The Morgan fingerprint density at radius 3 is 2.83 bits per heavy atom. The van der Waals surface area contributed by atoms with E-state index in [1.807, 2.05) is 26.0 Å². The van der Waals surface area contributed by atoms with Crippen LogP contribution in [-0.2, 0) is 9.53 Å². The van der Waals surface area contributed by atoms with E-state index in [2.05, 4.69) is 26.2 Å². The molecule has 2 aromatic rings. The molecule has 1 aromatic heterocycles. The number of allylic oxidation sites excluding steroid dienone is 1. The molecule has 1 fully saturated rings. The molecule has 1 amide bonds. The lowest BCUT2D eigenvalue weighted by Gasteiger charge is -2.46. The molecule has 152 valence electrons. The van der Waals surface area contributed by atoms with Crippen LogP contribution in [0.2, 0.25) is 0 Å². The number of amides is 1. The van der Waals surface area contributed by atoms with Crippen molar-refractivity contribution in [1.29, 1.82) is 0 Å². The zero-order valence-electron chi connectivity index (χ0n) is 16.3. The van der Waals surface area contributed by atoms with E-state index in [1.54, 1.807) is 34.1 Å². The zero-order chi connectivity index (χ0) is 20.8. The highest BCUT2D eigenvalue weighted by Gasteiger charge is 2.48. The van der Waals surface area contributed by atoms with E-state index in [1.165, 1.54) is 0 Å². The van der Waals surface area contributed by atoms with Crippen molar-refractivity contribution >= 4 is 27.6 Å². The van der Waals surface area contributed by atoms with Crippen molar-refractivity contribution in [3.8, 4) is 5.69 Å². The minimum absolute atomic E-state index is 0.0865. The summed E-state index contributed by atoms with van der Waals surface area (Å²) in [6.07, 6.45) is 5.41. The van der Waals surface area contributed by atoms with E-state index in [0.717, 1.165) is 4.47 Å². The highest BCUT2D eigenvalue weighted by atomic mass is 79.9. The summed E-state index contributed by atoms with van der Waals surface area (Å²) in [5.41, 5.74) is 5.94. The van der Waals surface area contributed by atoms with Gasteiger partial charge in [0, 0.05) is 16.4 Å². The number of rotatable bonds is 2. The first kappa shape index (κ1) is 19.8. The van der Waals surface area contributed by atoms with E-state index in [0.29, 0.717) is 37.4 Å². The van der Waals surface area contributed by atoms with Crippen LogP contribution in [0.15, 0.2) is 46.8 Å². The Labute approximate surface area is 176 Å². The molecule has 1 saturated heterocycles. The molecule has 1 aromatic carbocycles. The Morgan fingerprint density at radius 1 is 1.34 bits per heavy atom. The van der Waals surface area contributed by atoms with Crippen molar-refractivity contribution < 1.29 is 14.3 Å². The molecule has 1 atom stereocenters. The van der Waals surface area contributed by atoms with Gasteiger partial charge in [-0.3, -0.25) is 9.59 Å². The van der Waals surface area contributed by atoms with Gasteiger partial charge in [0.05, 0.1) is 42.5 Å². The molecule has 2 heterocycles. The molecule has 2 N–H and O–H groups in total. The molecule has 8 nitrogen and oxygen atoms in total. The largest absolute Gasteiger partial charge is 0.396 e. The third kappa shape index (κ3) is 3.60. The summed E-state index contributed by atoms with van der Waals surface area (Å²) in [7, 11) is 0. The van der Waals surface area contributed by atoms with Crippen molar-refractivity contribution in [1.82, 2.24) is 19.9 Å². The number of nitrogens with two attached hydrogens (primary N) is 1. The summed E-state index contributed by atoms with van der Waals surface area (Å²) in [6.45, 7) is 4.87. The minimum atomic E-state index is -0.766. The van der Waals surface area contributed by atoms with Gasteiger partial charge in [0.1, 0.15) is 5.60 Å². The zero-order valence-corrected chi connectivity index (χ0v) is 17.8. The number of carbonyl (C=O) groups excluding carboxylic acids is 2. The normalized spacial score (nSPS) is 23.9. The second-order valence-electron chi connectivity index (χ2n) is 8.14. The first-order valence-electron chi connectivity index (χ1n) is 9.33. The number of aromatic nitrogens is 3. The maximum absolute atomic E-state index is 13.4. The Hall–Kier alpha value is -2.52. The summed E-state index contributed by atoms with van der Waals surface area (Å²) in [5.74, 6) is -0.219. The average Bonchev–Trinajstić information content (AvgIpc) is 3.20. The molecule has 0 bridgehead atoms. The number of ketones is 1. The molecule has 4 rings (SSSR count). The summed E-state index contributed by atoms with van der Waals surface area (Å²) < 4.78 is 8.46. The molecule has 1 unspecified atom stereocenters. The van der Waals surface area contributed by atoms with E-state index < -0.39 is 11.0 Å². The fourth-order valence-electron chi connectivity index (χ4n) is 4.18. The summed E-state index contributed by atoms with van der Waals surface area (Å²) >= 11 is 3.45. The average molecular weight is 460 g/mol. The molecule has 0 radical (unpaired) electrons. The predicted molar refractivity (Wildman–Crippen MR) is 109 cm³/mol. The van der Waals surface area contributed by atoms with Crippen molar-refractivity contribution in [2.75, 3.05) is 19.7 Å². The first-order valence-corrected chi connectivity index (χ1v) is 10.1. The number of Topliss-reactive ketones (excluding diaryl/α,β-unsaturated/α-hetero) is 1. The minimum Gasteiger partial charge on any atom is -0.396 e. The van der Waals surface area contributed by atoms with Crippen LogP contribution in [0.1, 0.15) is 30.6 Å². The van der Waals surface area contributed by atoms with E-state index >= 15 is 0 Å². The van der Waals surface area contributed by atoms with Gasteiger partial charge in [0.2, 0.25) is 0 Å². The van der Waals surface area contributed by atoms with Gasteiger partial charge >= 0.3 is 0 Å². The smallest absolute Gasteiger partial charge is 0.256 e. The van der Waals surface area contributed by atoms with Gasteiger partial charge in [0.25, 0.3) is 5.91 Å². The van der Waals surface area contributed by atoms with Crippen LogP contribution in [0.4, 0.5) is 0 Å². The molecule has 1 spiro atoms. The molecule has 0 saturated carbocycles. The third-order valence-electron chi connectivity index (χ3n) is 5.39. The van der Waals surface area contributed by atoms with Gasteiger partial charge in [-0.05, 0) is 30.7 Å². The number of morpholine rings is 1. The summed E-state index contributed by atoms with van der Waals surface area (Å²) in [6, 6.07) is 5.42. The highest BCUT2D eigenvalue weighted by molar-refractivity contribution is 9.10. The molecule has 2 aliphatic rings. The van der Waals surface area contributed by atoms with Crippen molar-refractivity contribution in [2.24, 2.45) is 11.1 Å². The van der Waals surface area contributed by atoms with Crippen LogP contribution in [0.25, 0.3) is 5.69 Å². The molecule has 9 heteroatoms. The van der Waals surface area contributed by atoms with E-state index in [9.17, 15) is 9.59 Å². The number of carbonyl (C=O) groups is 2. The standard InChI is InChI=1S/C20H22BrN5O3/c1-19(2)11-20(10-15(22)17(19)27)12-25(7-8-29-20)18(28)14-4-3-13(21)9-16(14)26-6-5-23-24-26/h3-6,9-10H,7-8,11-12,22H2,1-2H3. The van der Waals surface area contributed by atoms with Crippen LogP contribution in [0.3, 0.4) is 0 Å². The molecular weight excluding hydrogens is 438 g/mol. The third-order valence-corrected chi connectivity index (χ3v) is 5.89. The van der Waals surface area contributed by atoms with Gasteiger partial charge in [-0.25, -0.2) is 4.68 Å². The van der Waals surface area contributed by atoms with Gasteiger partial charge in [-0.1, -0.05) is 35.0 Å². The number of hydrogen-bond acceptors (Lipinski definition) is 6. The van der Waals surface area contributed by atoms with E-state index in [4.69, 9.17) is 10.5 Å². The molecule has 1 aliphatic heterocycles. The summed E-state index contributed by atoms with van der Waals surface area (Å²) in [4.78, 5) is 27.6. The predicted octanol–water partition coefficient (Wildman–Crippen LogP) is 2.08. The van der Waals surface area contributed by atoms with Crippen LogP contribution < -0.4 is 5.73 Å². The lowest BCUT2D eigenvalue weighted by molar-refractivity contribution is -0.135. The van der Waals surface area contributed by atoms with Gasteiger partial charge in [-0.2, -0.15) is 0 Å². The van der Waals surface area contributed by atoms with Crippen LogP contribution in [0.5, 0.6) is 0 Å². The van der Waals surface area contributed by atoms with Gasteiger partial charge in [0.15, 0.2) is 5.78 Å². The topological polar surface area (TPSA) is 103 Å². The SMILES string of the molecule is CC1(C)CC2(C=C(N)C1=O)CN(C(=O)c1ccc(Br)cc1-n1ccnn1)CCO2. The fraction of sp³-hybridized carbons (Fsp3) is 0.400. The number of halogens is 1. The van der Waals surface area contributed by atoms with Crippen molar-refractivity contribution in [2.45, 2.75) is 25.9 Å². The quantitative estimate of drug-likeness (QED) is 0.736. The maximum Gasteiger partial charge on any atom is 0.256 e. The Morgan fingerprint density at radius 2 is 2.14 bits per heavy atom. The van der Waals surface area contributed by atoms with Crippen molar-refractivity contribution in [3.63, 3.8) is 0 Å². The number of hydrogen-bond donors (Lipinski definition) is 1. The molecule has 29 heavy (non-hydrogen) atoms. The number of benzene rings is 1. The Balaban J connectivity index is 1.67. The molecule has 1 aliphatic carbocycles. The highest BCUT2D eigenvalue weighted by Crippen LogP contribution is 2.40. The van der Waals surface area contributed by atoms with Crippen molar-refractivity contribution in [3.05, 3.63) is 52.4 Å². The summed E-state index contributed by atoms with van der Waals surface area (Å²) in [5, 5.41) is 7.86. The van der Waals surface area contributed by atoms with E-state index in [-0.39, 0.29) is 17.4 Å². The lowest BCUT2D eigenvalue weighted by atomic mass is 9.71. The van der Waals surface area contributed by atoms with Crippen LogP contribution >= 0.6 is 15.9 Å². The Kier molecular flexibility index (Phi) is 4.82.